The number of nitrogens with zero attached hydrogens (tertiary/aromatic N) is 7. The Labute approximate surface area is 157 Å². The van der Waals surface area contributed by atoms with Crippen molar-refractivity contribution in [3.05, 3.63) is 46.9 Å². The van der Waals surface area contributed by atoms with E-state index in [-0.39, 0.29) is 11.0 Å². The third-order valence-electron chi connectivity index (χ3n) is 5.19. The molecule has 3 aromatic rings. The lowest BCUT2D eigenvalue weighted by molar-refractivity contribution is 0.348. The molecule has 0 spiro atoms. The summed E-state index contributed by atoms with van der Waals surface area (Å²) >= 11 is 0. The van der Waals surface area contributed by atoms with Gasteiger partial charge in [-0.15, -0.1) is 15.3 Å². The van der Waals surface area contributed by atoms with Gasteiger partial charge >= 0.3 is 0 Å². The fourth-order valence-electron chi connectivity index (χ4n) is 3.48. The summed E-state index contributed by atoms with van der Waals surface area (Å²) in [4.78, 5) is 19.2. The van der Waals surface area contributed by atoms with Gasteiger partial charge in [0.05, 0.1) is 12.0 Å². The van der Waals surface area contributed by atoms with Crippen LogP contribution in [0.5, 0.6) is 0 Å². The lowest BCUT2D eigenvalue weighted by Crippen LogP contribution is -2.37. The summed E-state index contributed by atoms with van der Waals surface area (Å²) in [5, 5.41) is 12.4. The molecule has 0 amide bonds. The zero-order valence-electron chi connectivity index (χ0n) is 16.0. The standard InChI is InChI=1S/C19H25N7O/c1-19(2,3)15-10-18(27)25(12-20-15)11-14-6-8-24(9-7-14)17-5-4-16-22-21-13-26(16)23-17/h4-5,10,12-14H,6-9,11H2,1-3H3. The minimum absolute atomic E-state index is 0.0390. The van der Waals surface area contributed by atoms with E-state index in [1.54, 1.807) is 27.8 Å². The van der Waals surface area contributed by atoms with Gasteiger partial charge in [-0.1, -0.05) is 20.8 Å². The topological polar surface area (TPSA) is 81.2 Å². The minimum Gasteiger partial charge on any atom is -0.355 e. The summed E-state index contributed by atoms with van der Waals surface area (Å²) in [6.07, 6.45) is 5.37. The molecule has 0 aromatic carbocycles. The Balaban J connectivity index is 1.40. The number of hydrogen-bond acceptors (Lipinski definition) is 6. The van der Waals surface area contributed by atoms with Gasteiger partial charge in [-0.05, 0) is 30.9 Å². The van der Waals surface area contributed by atoms with Crippen LogP contribution < -0.4 is 10.5 Å². The van der Waals surface area contributed by atoms with Gasteiger partial charge in [0.15, 0.2) is 5.65 Å². The van der Waals surface area contributed by atoms with Gasteiger partial charge in [-0.3, -0.25) is 9.36 Å². The molecule has 3 aromatic heterocycles. The van der Waals surface area contributed by atoms with Gasteiger partial charge in [0.25, 0.3) is 5.56 Å². The molecule has 1 aliphatic heterocycles. The molecule has 0 bridgehead atoms. The highest BCUT2D eigenvalue weighted by molar-refractivity contribution is 5.45. The molecule has 0 unspecified atom stereocenters. The Morgan fingerprint density at radius 1 is 1.15 bits per heavy atom. The first-order chi connectivity index (χ1) is 12.9. The van der Waals surface area contributed by atoms with Crippen LogP contribution in [-0.4, -0.2) is 42.5 Å². The van der Waals surface area contributed by atoms with Crippen LogP contribution >= 0.6 is 0 Å². The molecular formula is C19H25N7O. The van der Waals surface area contributed by atoms with Crippen molar-refractivity contribution >= 4 is 11.5 Å². The average Bonchev–Trinajstić information content (AvgIpc) is 3.11. The monoisotopic (exact) mass is 367 g/mol. The van der Waals surface area contributed by atoms with Crippen molar-refractivity contribution in [2.24, 2.45) is 5.92 Å². The summed E-state index contributed by atoms with van der Waals surface area (Å²) in [6.45, 7) is 8.78. The van der Waals surface area contributed by atoms with Crippen molar-refractivity contribution in [3.8, 4) is 0 Å². The van der Waals surface area contributed by atoms with Crippen LogP contribution in [0.3, 0.4) is 0 Å². The number of anilines is 1. The zero-order chi connectivity index (χ0) is 19.0. The molecular weight excluding hydrogens is 342 g/mol. The highest BCUT2D eigenvalue weighted by Crippen LogP contribution is 2.23. The summed E-state index contributed by atoms with van der Waals surface area (Å²) in [6, 6.07) is 5.60. The van der Waals surface area contributed by atoms with Gasteiger partial charge in [0, 0.05) is 31.1 Å². The fraction of sp³-hybridized carbons (Fsp3) is 0.526. The first kappa shape index (κ1) is 17.6. The summed E-state index contributed by atoms with van der Waals surface area (Å²) in [7, 11) is 0. The van der Waals surface area contributed by atoms with Gasteiger partial charge in [-0.25, -0.2) is 4.98 Å². The van der Waals surface area contributed by atoms with Crippen LogP contribution in [-0.2, 0) is 12.0 Å². The third kappa shape index (κ3) is 3.70. The van der Waals surface area contributed by atoms with E-state index in [1.165, 1.54) is 0 Å². The molecule has 0 aliphatic carbocycles. The SMILES string of the molecule is CC(C)(C)c1cc(=O)n(CC2CCN(c3ccc4nncn4n3)CC2)cn1. The number of aromatic nitrogens is 6. The van der Waals surface area contributed by atoms with Crippen molar-refractivity contribution in [1.29, 1.82) is 0 Å². The Bertz CT molecular complexity index is 993. The fourth-order valence-corrected chi connectivity index (χ4v) is 3.48. The second-order valence-electron chi connectivity index (χ2n) is 8.27. The Kier molecular flexibility index (Phi) is 4.41. The maximum atomic E-state index is 12.4. The van der Waals surface area contributed by atoms with E-state index in [0.717, 1.165) is 49.6 Å². The molecule has 142 valence electrons. The van der Waals surface area contributed by atoms with E-state index in [1.807, 2.05) is 12.1 Å². The second-order valence-corrected chi connectivity index (χ2v) is 8.27. The molecule has 8 heteroatoms. The summed E-state index contributed by atoms with van der Waals surface area (Å²) in [5.74, 6) is 1.41. The summed E-state index contributed by atoms with van der Waals surface area (Å²) in [5.41, 5.74) is 1.52. The number of fused-ring (bicyclic) bond motifs is 1. The van der Waals surface area contributed by atoms with Crippen molar-refractivity contribution in [2.75, 3.05) is 18.0 Å². The molecule has 27 heavy (non-hydrogen) atoms. The van der Waals surface area contributed by atoms with Crippen molar-refractivity contribution in [2.45, 2.75) is 45.6 Å². The molecule has 1 aliphatic rings. The van der Waals surface area contributed by atoms with Crippen LogP contribution in [0.1, 0.15) is 39.3 Å². The molecule has 1 saturated heterocycles. The van der Waals surface area contributed by atoms with Crippen molar-refractivity contribution in [1.82, 2.24) is 29.4 Å². The van der Waals surface area contributed by atoms with Gasteiger partial charge in [0.1, 0.15) is 12.1 Å². The maximum absolute atomic E-state index is 12.4. The molecule has 8 nitrogen and oxygen atoms in total. The molecule has 0 N–H and O–H groups in total. The molecule has 0 atom stereocenters. The average molecular weight is 367 g/mol. The highest BCUT2D eigenvalue weighted by Gasteiger charge is 2.22. The Morgan fingerprint density at radius 2 is 1.93 bits per heavy atom. The van der Waals surface area contributed by atoms with Gasteiger partial charge < -0.3 is 4.90 Å². The molecule has 0 saturated carbocycles. The van der Waals surface area contributed by atoms with Crippen molar-refractivity contribution in [3.63, 3.8) is 0 Å². The van der Waals surface area contributed by atoms with Crippen LogP contribution in [0.15, 0.2) is 35.6 Å². The minimum atomic E-state index is -0.109. The summed E-state index contributed by atoms with van der Waals surface area (Å²) < 4.78 is 3.44. The largest absolute Gasteiger partial charge is 0.355 e. The normalized spacial score (nSPS) is 16.2. The molecule has 0 radical (unpaired) electrons. The van der Waals surface area contributed by atoms with E-state index in [2.05, 4.69) is 46.0 Å². The van der Waals surface area contributed by atoms with E-state index >= 15 is 0 Å². The van der Waals surface area contributed by atoms with E-state index in [0.29, 0.717) is 5.92 Å². The number of rotatable bonds is 3. The highest BCUT2D eigenvalue weighted by atomic mass is 16.1. The first-order valence-electron chi connectivity index (χ1n) is 9.39. The molecule has 4 rings (SSSR count). The zero-order valence-corrected chi connectivity index (χ0v) is 16.0. The quantitative estimate of drug-likeness (QED) is 0.703. The molecule has 4 heterocycles. The Hall–Kier alpha value is -2.77. The lowest BCUT2D eigenvalue weighted by atomic mass is 9.92. The van der Waals surface area contributed by atoms with Crippen molar-refractivity contribution < 1.29 is 0 Å². The van der Waals surface area contributed by atoms with E-state index in [9.17, 15) is 4.79 Å². The van der Waals surface area contributed by atoms with Gasteiger partial charge in [0.2, 0.25) is 0 Å². The third-order valence-corrected chi connectivity index (χ3v) is 5.19. The van der Waals surface area contributed by atoms with E-state index in [4.69, 9.17) is 0 Å². The first-order valence-corrected chi connectivity index (χ1v) is 9.39. The van der Waals surface area contributed by atoms with Crippen LogP contribution in [0.25, 0.3) is 5.65 Å². The Morgan fingerprint density at radius 3 is 2.63 bits per heavy atom. The van der Waals surface area contributed by atoms with Crippen LogP contribution in [0.2, 0.25) is 0 Å². The predicted molar refractivity (Wildman–Crippen MR) is 103 cm³/mol. The second kappa shape index (κ2) is 6.75. The number of hydrogen-bond donors (Lipinski definition) is 0. The van der Waals surface area contributed by atoms with Gasteiger partial charge in [-0.2, -0.15) is 4.52 Å². The van der Waals surface area contributed by atoms with Crippen LogP contribution in [0.4, 0.5) is 5.82 Å². The smallest absolute Gasteiger partial charge is 0.253 e. The number of piperidine rings is 1. The van der Waals surface area contributed by atoms with E-state index < -0.39 is 0 Å². The lowest BCUT2D eigenvalue weighted by Gasteiger charge is -2.32. The maximum Gasteiger partial charge on any atom is 0.253 e. The predicted octanol–water partition coefficient (Wildman–Crippen LogP) is 1.90. The van der Waals surface area contributed by atoms with Crippen LogP contribution in [0, 0.1) is 5.92 Å². The molecule has 1 fully saturated rings.